The maximum atomic E-state index is 3.73. The first kappa shape index (κ1) is 14.0. The molecule has 16 heavy (non-hydrogen) atoms. The standard InChI is InChI=1S/C15H31N/c1-5-16-15(10-9-12(2)3)14-8-6-7-13(4)11-14/h12-16H,5-11H2,1-4H3. The van der Waals surface area contributed by atoms with E-state index >= 15 is 0 Å². The lowest BCUT2D eigenvalue weighted by atomic mass is 9.77. The van der Waals surface area contributed by atoms with Crippen molar-refractivity contribution in [2.75, 3.05) is 6.54 Å². The van der Waals surface area contributed by atoms with E-state index in [2.05, 4.69) is 33.0 Å². The molecule has 0 radical (unpaired) electrons. The molecule has 1 rings (SSSR count). The van der Waals surface area contributed by atoms with Crippen LogP contribution in [0.3, 0.4) is 0 Å². The minimum absolute atomic E-state index is 0.787. The van der Waals surface area contributed by atoms with Gasteiger partial charge in [-0.1, -0.05) is 40.5 Å². The number of rotatable bonds is 6. The molecule has 3 atom stereocenters. The summed E-state index contributed by atoms with van der Waals surface area (Å²) in [6, 6.07) is 0.787. The molecule has 1 heteroatoms. The molecule has 0 bridgehead atoms. The van der Waals surface area contributed by atoms with Crippen molar-refractivity contribution in [3.8, 4) is 0 Å². The van der Waals surface area contributed by atoms with E-state index in [4.69, 9.17) is 0 Å². The summed E-state index contributed by atoms with van der Waals surface area (Å²) in [5.41, 5.74) is 0. The molecule has 1 N–H and O–H groups in total. The minimum atomic E-state index is 0.787. The van der Waals surface area contributed by atoms with Crippen LogP contribution in [0.4, 0.5) is 0 Å². The summed E-state index contributed by atoms with van der Waals surface area (Å²) in [7, 11) is 0. The Bertz CT molecular complexity index is 176. The monoisotopic (exact) mass is 225 g/mol. The maximum absolute atomic E-state index is 3.73. The Kier molecular flexibility index (Phi) is 6.41. The Hall–Kier alpha value is -0.0400. The predicted molar refractivity (Wildman–Crippen MR) is 72.7 cm³/mol. The van der Waals surface area contributed by atoms with Gasteiger partial charge >= 0.3 is 0 Å². The summed E-state index contributed by atoms with van der Waals surface area (Å²) >= 11 is 0. The third-order valence-corrected chi connectivity index (χ3v) is 4.07. The molecule has 1 aliphatic rings. The van der Waals surface area contributed by atoms with Crippen LogP contribution in [-0.2, 0) is 0 Å². The molecule has 1 saturated carbocycles. The lowest BCUT2D eigenvalue weighted by Crippen LogP contribution is -2.38. The molecule has 3 unspecified atom stereocenters. The second-order valence-electron chi connectivity index (χ2n) is 6.17. The topological polar surface area (TPSA) is 12.0 Å². The molecule has 1 fully saturated rings. The van der Waals surface area contributed by atoms with Gasteiger partial charge < -0.3 is 5.32 Å². The van der Waals surface area contributed by atoms with Crippen LogP contribution in [-0.4, -0.2) is 12.6 Å². The van der Waals surface area contributed by atoms with E-state index in [0.717, 1.165) is 30.3 Å². The zero-order chi connectivity index (χ0) is 12.0. The summed E-state index contributed by atoms with van der Waals surface area (Å²) in [5.74, 6) is 2.75. The number of hydrogen-bond donors (Lipinski definition) is 1. The van der Waals surface area contributed by atoms with E-state index in [1.807, 2.05) is 0 Å². The number of hydrogen-bond acceptors (Lipinski definition) is 1. The fourth-order valence-corrected chi connectivity index (χ4v) is 3.13. The zero-order valence-corrected chi connectivity index (χ0v) is 11.8. The van der Waals surface area contributed by atoms with Crippen LogP contribution in [0.25, 0.3) is 0 Å². The second-order valence-corrected chi connectivity index (χ2v) is 6.17. The molecule has 0 aromatic carbocycles. The summed E-state index contributed by atoms with van der Waals surface area (Å²) in [4.78, 5) is 0. The molecule has 0 aromatic rings. The smallest absolute Gasteiger partial charge is 0.00954 e. The van der Waals surface area contributed by atoms with Gasteiger partial charge in [-0.25, -0.2) is 0 Å². The molecule has 96 valence electrons. The van der Waals surface area contributed by atoms with Gasteiger partial charge in [0.05, 0.1) is 0 Å². The summed E-state index contributed by atoms with van der Waals surface area (Å²) in [6.07, 6.45) is 8.58. The van der Waals surface area contributed by atoms with Gasteiger partial charge in [0.2, 0.25) is 0 Å². The zero-order valence-electron chi connectivity index (χ0n) is 11.8. The molecule has 0 saturated heterocycles. The van der Waals surface area contributed by atoms with E-state index in [0.29, 0.717) is 0 Å². The van der Waals surface area contributed by atoms with Crippen LogP contribution < -0.4 is 5.32 Å². The highest BCUT2D eigenvalue weighted by molar-refractivity contribution is 4.81. The van der Waals surface area contributed by atoms with Crippen molar-refractivity contribution in [1.82, 2.24) is 5.32 Å². The van der Waals surface area contributed by atoms with Gasteiger partial charge in [0.1, 0.15) is 0 Å². The van der Waals surface area contributed by atoms with E-state index in [1.165, 1.54) is 38.5 Å². The Morgan fingerprint density at radius 2 is 1.94 bits per heavy atom. The number of nitrogens with one attached hydrogen (secondary N) is 1. The maximum Gasteiger partial charge on any atom is 0.00954 e. The molecule has 1 nitrogen and oxygen atoms in total. The molecule has 0 heterocycles. The van der Waals surface area contributed by atoms with Crippen LogP contribution in [0.15, 0.2) is 0 Å². The van der Waals surface area contributed by atoms with Gasteiger partial charge in [0.15, 0.2) is 0 Å². The van der Waals surface area contributed by atoms with E-state index in [1.54, 1.807) is 0 Å². The van der Waals surface area contributed by atoms with Crippen molar-refractivity contribution in [1.29, 1.82) is 0 Å². The molecule has 0 aliphatic heterocycles. The molecular weight excluding hydrogens is 194 g/mol. The first-order chi connectivity index (χ1) is 7.63. The fraction of sp³-hybridized carbons (Fsp3) is 1.00. The van der Waals surface area contributed by atoms with Crippen molar-refractivity contribution in [2.45, 2.75) is 72.3 Å². The Morgan fingerprint density at radius 1 is 1.19 bits per heavy atom. The average molecular weight is 225 g/mol. The lowest BCUT2D eigenvalue weighted by molar-refractivity contribution is 0.210. The van der Waals surface area contributed by atoms with Crippen LogP contribution in [0.1, 0.15) is 66.2 Å². The van der Waals surface area contributed by atoms with Gasteiger partial charge in [-0.2, -0.15) is 0 Å². The predicted octanol–water partition coefficient (Wildman–Crippen LogP) is 4.23. The molecule has 1 aliphatic carbocycles. The molecular formula is C15H31N. The summed E-state index contributed by atoms with van der Waals surface area (Å²) < 4.78 is 0. The van der Waals surface area contributed by atoms with Crippen molar-refractivity contribution in [2.24, 2.45) is 17.8 Å². The third-order valence-electron chi connectivity index (χ3n) is 4.07. The van der Waals surface area contributed by atoms with Gasteiger partial charge in [-0.15, -0.1) is 0 Å². The summed E-state index contributed by atoms with van der Waals surface area (Å²) in [5, 5.41) is 3.73. The van der Waals surface area contributed by atoms with Crippen LogP contribution in [0.2, 0.25) is 0 Å². The minimum Gasteiger partial charge on any atom is -0.314 e. The quantitative estimate of drug-likeness (QED) is 0.713. The van der Waals surface area contributed by atoms with E-state index in [9.17, 15) is 0 Å². The van der Waals surface area contributed by atoms with E-state index in [-0.39, 0.29) is 0 Å². The normalized spacial score (nSPS) is 28.3. The molecule has 0 spiro atoms. The van der Waals surface area contributed by atoms with Gasteiger partial charge in [0.25, 0.3) is 0 Å². The van der Waals surface area contributed by atoms with Crippen LogP contribution in [0.5, 0.6) is 0 Å². The fourth-order valence-electron chi connectivity index (χ4n) is 3.13. The van der Waals surface area contributed by atoms with Gasteiger partial charge in [0, 0.05) is 6.04 Å². The Labute approximate surface area is 102 Å². The first-order valence-electron chi connectivity index (χ1n) is 7.36. The third kappa shape index (κ3) is 4.86. The van der Waals surface area contributed by atoms with Gasteiger partial charge in [-0.3, -0.25) is 0 Å². The van der Waals surface area contributed by atoms with Crippen LogP contribution >= 0.6 is 0 Å². The SMILES string of the molecule is CCNC(CCC(C)C)C1CCCC(C)C1. The Morgan fingerprint density at radius 3 is 2.50 bits per heavy atom. The highest BCUT2D eigenvalue weighted by Crippen LogP contribution is 2.32. The highest BCUT2D eigenvalue weighted by atomic mass is 14.9. The van der Waals surface area contributed by atoms with Crippen molar-refractivity contribution < 1.29 is 0 Å². The first-order valence-corrected chi connectivity index (χ1v) is 7.36. The lowest BCUT2D eigenvalue weighted by Gasteiger charge is -2.34. The largest absolute Gasteiger partial charge is 0.314 e. The summed E-state index contributed by atoms with van der Waals surface area (Å²) in [6.45, 7) is 10.5. The highest BCUT2D eigenvalue weighted by Gasteiger charge is 2.25. The molecule has 0 amide bonds. The van der Waals surface area contributed by atoms with Crippen LogP contribution in [0, 0.1) is 17.8 Å². The van der Waals surface area contributed by atoms with E-state index < -0.39 is 0 Å². The average Bonchev–Trinajstić information content (AvgIpc) is 2.24. The molecule has 0 aromatic heterocycles. The van der Waals surface area contributed by atoms with Crippen molar-refractivity contribution in [3.05, 3.63) is 0 Å². The van der Waals surface area contributed by atoms with Crippen molar-refractivity contribution in [3.63, 3.8) is 0 Å². The second kappa shape index (κ2) is 7.32. The van der Waals surface area contributed by atoms with Crippen molar-refractivity contribution >= 4 is 0 Å². The van der Waals surface area contributed by atoms with Gasteiger partial charge in [-0.05, 0) is 50.0 Å². The Balaban J connectivity index is 2.40.